The number of aliphatic imine (C=N–C) groups is 1. The zero-order valence-corrected chi connectivity index (χ0v) is 20.4. The minimum Gasteiger partial charge on any atom is -0.481 e. The van der Waals surface area contributed by atoms with Gasteiger partial charge < -0.3 is 48.7 Å². The summed E-state index contributed by atoms with van der Waals surface area (Å²) in [6, 6.07) is -4.73. The van der Waals surface area contributed by atoms with E-state index in [1.54, 1.807) is 0 Å². The lowest BCUT2D eigenvalue weighted by Gasteiger charge is -2.28. The number of guanidine groups is 1. The molecule has 0 aromatic heterocycles. The number of nitrogens with two attached hydrogens (primary N) is 4. The number of likely N-dealkylation sites (tertiary alicyclic amines) is 1. The van der Waals surface area contributed by atoms with E-state index in [0.29, 0.717) is 6.42 Å². The summed E-state index contributed by atoms with van der Waals surface area (Å²) < 4.78 is 0. The van der Waals surface area contributed by atoms with Crippen molar-refractivity contribution in [2.75, 3.05) is 13.1 Å². The highest BCUT2D eigenvalue weighted by Crippen LogP contribution is 2.19. The van der Waals surface area contributed by atoms with E-state index in [1.165, 1.54) is 4.90 Å². The molecule has 4 atom stereocenters. The van der Waals surface area contributed by atoms with Crippen molar-refractivity contribution in [2.45, 2.75) is 75.5 Å². The molecule has 0 aliphatic carbocycles. The van der Waals surface area contributed by atoms with Crippen LogP contribution in [0.2, 0.25) is 0 Å². The molecule has 1 saturated heterocycles. The molecule has 4 unspecified atom stereocenters. The lowest BCUT2D eigenvalue weighted by Crippen LogP contribution is -2.56. The van der Waals surface area contributed by atoms with Gasteiger partial charge in [0.05, 0.1) is 6.04 Å². The van der Waals surface area contributed by atoms with E-state index in [4.69, 9.17) is 28.0 Å². The Morgan fingerprint density at radius 3 is 2.19 bits per heavy atom. The predicted molar refractivity (Wildman–Crippen MR) is 129 cm³/mol. The molecule has 1 heterocycles. The third-order valence-electron chi connectivity index (χ3n) is 5.70. The molecular formula is C21H36N8O8. The van der Waals surface area contributed by atoms with Gasteiger partial charge in [-0.2, -0.15) is 0 Å². The molecule has 0 spiro atoms. The Hall–Kier alpha value is -3.95. The standard InChI is InChI=1S/C21H36N8O8/c22-11(5-7-15(23)30)19(35)29-10-2-4-14(29)18(34)27-12(6-8-16(31)32)17(33)28-13(20(36)37)3-1-9-26-21(24)25/h11-14H,1-10,22H2,(H2,23,30)(H,27,34)(H,28,33)(H,31,32)(H,36,37)(H4,24,25,26). The van der Waals surface area contributed by atoms with E-state index in [-0.39, 0.29) is 57.6 Å². The maximum atomic E-state index is 13.0. The average molecular weight is 529 g/mol. The number of hydrogen-bond donors (Lipinski definition) is 8. The van der Waals surface area contributed by atoms with E-state index in [9.17, 15) is 33.9 Å². The Labute approximate surface area is 213 Å². The molecule has 0 aromatic carbocycles. The van der Waals surface area contributed by atoms with Crippen molar-refractivity contribution in [3.05, 3.63) is 0 Å². The van der Waals surface area contributed by atoms with Gasteiger partial charge in [-0.3, -0.25) is 29.0 Å². The monoisotopic (exact) mass is 528 g/mol. The molecule has 4 amide bonds. The molecule has 0 saturated carbocycles. The van der Waals surface area contributed by atoms with Gasteiger partial charge in [0.1, 0.15) is 18.1 Å². The topological polar surface area (TPSA) is 287 Å². The van der Waals surface area contributed by atoms with Gasteiger partial charge >= 0.3 is 11.9 Å². The Bertz CT molecular complexity index is 892. The highest BCUT2D eigenvalue weighted by Gasteiger charge is 2.38. The number of nitrogens with zero attached hydrogens (tertiary/aromatic N) is 2. The number of aliphatic carboxylic acids is 2. The lowest BCUT2D eigenvalue weighted by atomic mass is 10.1. The predicted octanol–water partition coefficient (Wildman–Crippen LogP) is -3.46. The van der Waals surface area contributed by atoms with Crippen molar-refractivity contribution in [1.82, 2.24) is 15.5 Å². The number of amides is 4. The number of carboxylic acid groups (broad SMARTS) is 2. The molecule has 1 rings (SSSR count). The van der Waals surface area contributed by atoms with Crippen molar-refractivity contribution in [2.24, 2.45) is 27.9 Å². The van der Waals surface area contributed by atoms with Crippen molar-refractivity contribution >= 4 is 41.5 Å². The summed E-state index contributed by atoms with van der Waals surface area (Å²) in [6.45, 7) is 0.359. The fraction of sp³-hybridized carbons (Fsp3) is 0.667. The molecule has 1 aliphatic rings. The molecule has 208 valence electrons. The van der Waals surface area contributed by atoms with Crippen LogP contribution in [-0.4, -0.2) is 93.9 Å². The van der Waals surface area contributed by atoms with Gasteiger partial charge in [-0.15, -0.1) is 0 Å². The molecule has 37 heavy (non-hydrogen) atoms. The van der Waals surface area contributed by atoms with Crippen LogP contribution in [0.3, 0.4) is 0 Å². The number of carboxylic acids is 2. The zero-order chi connectivity index (χ0) is 28.1. The van der Waals surface area contributed by atoms with Crippen molar-refractivity contribution in [3.63, 3.8) is 0 Å². The summed E-state index contributed by atoms with van der Waals surface area (Å²) >= 11 is 0. The number of rotatable bonds is 16. The lowest BCUT2D eigenvalue weighted by molar-refractivity contribution is -0.144. The number of nitrogens with one attached hydrogen (secondary N) is 2. The van der Waals surface area contributed by atoms with Crippen LogP contribution in [0.25, 0.3) is 0 Å². The van der Waals surface area contributed by atoms with E-state index in [1.807, 2.05) is 0 Å². The second kappa shape index (κ2) is 15.2. The smallest absolute Gasteiger partial charge is 0.326 e. The van der Waals surface area contributed by atoms with Crippen LogP contribution < -0.4 is 33.6 Å². The van der Waals surface area contributed by atoms with Crippen LogP contribution in [-0.2, 0) is 28.8 Å². The van der Waals surface area contributed by atoms with Gasteiger partial charge in [0.15, 0.2) is 5.96 Å². The van der Waals surface area contributed by atoms with Crippen molar-refractivity contribution in [1.29, 1.82) is 0 Å². The Morgan fingerprint density at radius 1 is 0.946 bits per heavy atom. The van der Waals surface area contributed by atoms with Crippen LogP contribution in [0.5, 0.6) is 0 Å². The fourth-order valence-electron chi connectivity index (χ4n) is 3.78. The van der Waals surface area contributed by atoms with Crippen molar-refractivity contribution in [3.8, 4) is 0 Å². The van der Waals surface area contributed by atoms with Gasteiger partial charge in [-0.05, 0) is 38.5 Å². The molecule has 0 radical (unpaired) electrons. The first-order chi connectivity index (χ1) is 17.3. The van der Waals surface area contributed by atoms with Crippen LogP contribution in [0.1, 0.15) is 51.4 Å². The molecule has 16 nitrogen and oxygen atoms in total. The van der Waals surface area contributed by atoms with Gasteiger partial charge in [-0.1, -0.05) is 0 Å². The first-order valence-electron chi connectivity index (χ1n) is 11.8. The van der Waals surface area contributed by atoms with Gasteiger partial charge in [0.2, 0.25) is 23.6 Å². The SMILES string of the molecule is NC(=O)CCC(N)C(=O)N1CCCC1C(=O)NC(CCC(=O)O)C(=O)NC(CCCN=C(N)N)C(=O)O. The third kappa shape index (κ3) is 11.1. The number of carbonyl (C=O) groups excluding carboxylic acids is 4. The molecule has 0 bridgehead atoms. The second-order valence-corrected chi connectivity index (χ2v) is 8.64. The highest BCUT2D eigenvalue weighted by atomic mass is 16.4. The van der Waals surface area contributed by atoms with Gasteiger partial charge in [0, 0.05) is 25.9 Å². The molecule has 12 N–H and O–H groups in total. The van der Waals surface area contributed by atoms with E-state index in [2.05, 4.69) is 15.6 Å². The normalized spacial score (nSPS) is 17.2. The molecule has 1 fully saturated rings. The Balaban J connectivity index is 2.90. The summed E-state index contributed by atoms with van der Waals surface area (Å²) in [4.78, 5) is 77.2. The molecule has 1 aliphatic heterocycles. The summed E-state index contributed by atoms with van der Waals surface area (Å²) in [7, 11) is 0. The maximum absolute atomic E-state index is 13.0. The highest BCUT2D eigenvalue weighted by molar-refractivity contribution is 5.94. The van der Waals surface area contributed by atoms with Crippen molar-refractivity contribution < 1.29 is 39.0 Å². The van der Waals surface area contributed by atoms with Crippen LogP contribution in [0.4, 0.5) is 0 Å². The summed E-state index contributed by atoms with van der Waals surface area (Å²) in [5.41, 5.74) is 21.4. The van der Waals surface area contributed by atoms with E-state index < -0.39 is 66.2 Å². The number of primary amides is 1. The minimum atomic E-state index is -1.37. The molecular weight excluding hydrogens is 492 g/mol. The van der Waals surface area contributed by atoms with E-state index in [0.717, 1.165) is 0 Å². The number of carbonyl (C=O) groups is 6. The molecule has 0 aromatic rings. The third-order valence-corrected chi connectivity index (χ3v) is 5.70. The quantitative estimate of drug-likeness (QED) is 0.0553. The largest absolute Gasteiger partial charge is 0.481 e. The minimum absolute atomic E-state index is 0.00239. The van der Waals surface area contributed by atoms with Crippen LogP contribution in [0.15, 0.2) is 4.99 Å². The number of hydrogen-bond acceptors (Lipinski definition) is 8. The van der Waals surface area contributed by atoms with E-state index >= 15 is 0 Å². The van der Waals surface area contributed by atoms with Crippen LogP contribution >= 0.6 is 0 Å². The fourth-order valence-corrected chi connectivity index (χ4v) is 3.78. The Morgan fingerprint density at radius 2 is 1.62 bits per heavy atom. The maximum Gasteiger partial charge on any atom is 0.326 e. The Kier molecular flexibility index (Phi) is 12.8. The van der Waals surface area contributed by atoms with Crippen LogP contribution in [0, 0.1) is 0 Å². The molecule has 16 heteroatoms. The zero-order valence-electron chi connectivity index (χ0n) is 20.4. The first-order valence-corrected chi connectivity index (χ1v) is 11.8. The van der Waals surface area contributed by atoms with Gasteiger partial charge in [-0.25, -0.2) is 4.79 Å². The van der Waals surface area contributed by atoms with Gasteiger partial charge in [0.25, 0.3) is 0 Å². The summed E-state index contributed by atoms with van der Waals surface area (Å²) in [5, 5.41) is 23.2. The summed E-state index contributed by atoms with van der Waals surface area (Å²) in [5.74, 6) is -5.51. The second-order valence-electron chi connectivity index (χ2n) is 8.64. The summed E-state index contributed by atoms with van der Waals surface area (Å²) in [6.07, 6.45) is 0.0687. The average Bonchev–Trinajstić information content (AvgIpc) is 3.30. The first kappa shape index (κ1) is 31.1.